The first-order valence-electron chi connectivity index (χ1n) is 6.29. The van der Waals surface area contributed by atoms with Gasteiger partial charge >= 0.3 is 0 Å². The number of aryl methyl sites for hydroxylation is 2. The molecule has 0 saturated heterocycles. The maximum absolute atomic E-state index is 12.2. The minimum Gasteiger partial charge on any atom is -0.399 e. The van der Waals surface area contributed by atoms with Gasteiger partial charge < -0.3 is 11.1 Å². The van der Waals surface area contributed by atoms with Gasteiger partial charge in [0.2, 0.25) is 15.9 Å². The van der Waals surface area contributed by atoms with Crippen LogP contribution in [0.3, 0.4) is 0 Å². The van der Waals surface area contributed by atoms with Crippen molar-refractivity contribution in [3.05, 3.63) is 23.3 Å². The van der Waals surface area contributed by atoms with Gasteiger partial charge in [0.05, 0.1) is 11.4 Å². The highest BCUT2D eigenvalue weighted by Gasteiger charge is 2.20. The van der Waals surface area contributed by atoms with E-state index in [1.165, 1.54) is 0 Å². The number of nitrogens with two attached hydrogens (primary N) is 1. The van der Waals surface area contributed by atoms with Crippen LogP contribution >= 0.6 is 0 Å². The lowest BCUT2D eigenvalue weighted by Crippen LogP contribution is -2.40. The Kier molecular flexibility index (Phi) is 5.13. The molecule has 0 fully saturated rings. The van der Waals surface area contributed by atoms with Crippen LogP contribution in [0.4, 0.5) is 5.69 Å². The molecule has 0 aliphatic carbocycles. The van der Waals surface area contributed by atoms with E-state index in [1.54, 1.807) is 39.8 Å². The van der Waals surface area contributed by atoms with Crippen molar-refractivity contribution in [1.29, 1.82) is 0 Å². The zero-order chi connectivity index (χ0) is 15.5. The molecule has 1 amide bonds. The number of rotatable bonds is 5. The summed E-state index contributed by atoms with van der Waals surface area (Å²) in [7, 11) is -3.74. The largest absolute Gasteiger partial charge is 0.399 e. The summed E-state index contributed by atoms with van der Waals surface area (Å²) in [6, 6.07) is 3.15. The zero-order valence-corrected chi connectivity index (χ0v) is 13.0. The second-order valence-electron chi connectivity index (χ2n) is 5.03. The number of sulfonamides is 1. The number of carbonyl (C=O) groups is 1. The van der Waals surface area contributed by atoms with Crippen LogP contribution < -0.4 is 15.8 Å². The van der Waals surface area contributed by atoms with Crippen molar-refractivity contribution in [2.45, 2.75) is 38.6 Å². The fourth-order valence-corrected chi connectivity index (χ4v) is 3.44. The van der Waals surface area contributed by atoms with E-state index in [-0.39, 0.29) is 23.4 Å². The number of benzene rings is 1. The van der Waals surface area contributed by atoms with Crippen molar-refractivity contribution in [3.8, 4) is 0 Å². The van der Waals surface area contributed by atoms with Gasteiger partial charge in [-0.2, -0.15) is 0 Å². The van der Waals surface area contributed by atoms with E-state index < -0.39 is 10.0 Å². The second kappa shape index (κ2) is 6.23. The molecule has 0 heterocycles. The number of carbonyl (C=O) groups excluding carboxylic acids is 1. The number of hydrogen-bond donors (Lipinski definition) is 3. The molecule has 20 heavy (non-hydrogen) atoms. The molecule has 0 bridgehead atoms. The Labute approximate surface area is 119 Å². The summed E-state index contributed by atoms with van der Waals surface area (Å²) in [5.41, 5.74) is 7.29. The first-order valence-corrected chi connectivity index (χ1v) is 7.77. The standard InChI is InChI=1S/C13H21N3O3S/c1-8(2)16-12(17)7-15-20(18,19)13-9(3)5-11(14)6-10(13)4/h5-6,8,15H,7,14H2,1-4H3,(H,16,17). The SMILES string of the molecule is Cc1cc(N)cc(C)c1S(=O)(=O)NCC(=O)NC(C)C. The highest BCUT2D eigenvalue weighted by atomic mass is 32.2. The van der Waals surface area contributed by atoms with Crippen LogP contribution in [0.15, 0.2) is 17.0 Å². The lowest BCUT2D eigenvalue weighted by Gasteiger charge is -2.13. The van der Waals surface area contributed by atoms with Crippen LogP contribution in [0.5, 0.6) is 0 Å². The van der Waals surface area contributed by atoms with E-state index >= 15 is 0 Å². The van der Waals surface area contributed by atoms with Crippen molar-refractivity contribution < 1.29 is 13.2 Å². The van der Waals surface area contributed by atoms with Crippen LogP contribution in [-0.2, 0) is 14.8 Å². The van der Waals surface area contributed by atoms with E-state index in [2.05, 4.69) is 10.0 Å². The minimum absolute atomic E-state index is 0.0352. The van der Waals surface area contributed by atoms with Crippen molar-refractivity contribution >= 4 is 21.6 Å². The molecule has 1 aromatic rings. The van der Waals surface area contributed by atoms with Gasteiger partial charge in [-0.15, -0.1) is 0 Å². The van der Waals surface area contributed by atoms with Crippen molar-refractivity contribution in [2.75, 3.05) is 12.3 Å². The van der Waals surface area contributed by atoms with Gasteiger partial charge in [-0.1, -0.05) is 0 Å². The maximum Gasteiger partial charge on any atom is 0.241 e. The number of anilines is 1. The monoisotopic (exact) mass is 299 g/mol. The molecule has 6 nitrogen and oxygen atoms in total. The maximum atomic E-state index is 12.2. The van der Waals surface area contributed by atoms with Crippen LogP contribution in [0.2, 0.25) is 0 Å². The van der Waals surface area contributed by atoms with Crippen LogP contribution in [0.1, 0.15) is 25.0 Å². The number of nitrogen functional groups attached to an aromatic ring is 1. The van der Waals surface area contributed by atoms with Gasteiger partial charge in [0.15, 0.2) is 0 Å². The molecular weight excluding hydrogens is 278 g/mol. The minimum atomic E-state index is -3.74. The molecule has 0 saturated carbocycles. The highest BCUT2D eigenvalue weighted by Crippen LogP contribution is 2.22. The van der Waals surface area contributed by atoms with E-state index in [9.17, 15) is 13.2 Å². The summed E-state index contributed by atoms with van der Waals surface area (Å²) in [6.07, 6.45) is 0. The van der Waals surface area contributed by atoms with Crippen molar-refractivity contribution in [1.82, 2.24) is 10.0 Å². The third-order valence-electron chi connectivity index (χ3n) is 2.62. The normalized spacial score (nSPS) is 11.7. The van der Waals surface area contributed by atoms with Gasteiger partial charge in [0, 0.05) is 11.7 Å². The second-order valence-corrected chi connectivity index (χ2v) is 6.73. The number of hydrogen-bond acceptors (Lipinski definition) is 4. The molecule has 112 valence electrons. The first kappa shape index (κ1) is 16.5. The van der Waals surface area contributed by atoms with Crippen LogP contribution in [-0.4, -0.2) is 26.9 Å². The summed E-state index contributed by atoms with van der Waals surface area (Å²) < 4.78 is 26.8. The molecule has 1 aromatic carbocycles. The smallest absolute Gasteiger partial charge is 0.241 e. The average Bonchev–Trinajstić information content (AvgIpc) is 2.23. The van der Waals surface area contributed by atoms with Gasteiger partial charge in [-0.05, 0) is 51.0 Å². The third-order valence-corrected chi connectivity index (χ3v) is 4.33. The number of amides is 1. The summed E-state index contributed by atoms with van der Waals surface area (Å²) in [6.45, 7) is 6.67. The lowest BCUT2D eigenvalue weighted by atomic mass is 10.1. The first-order chi connectivity index (χ1) is 9.13. The zero-order valence-electron chi connectivity index (χ0n) is 12.1. The molecule has 4 N–H and O–H groups in total. The Bertz CT molecular complexity index is 586. The Morgan fingerprint density at radius 1 is 1.25 bits per heavy atom. The average molecular weight is 299 g/mol. The lowest BCUT2D eigenvalue weighted by molar-refractivity contribution is -0.120. The fourth-order valence-electron chi connectivity index (χ4n) is 2.01. The summed E-state index contributed by atoms with van der Waals surface area (Å²) in [4.78, 5) is 11.7. The van der Waals surface area contributed by atoms with Gasteiger partial charge in [0.1, 0.15) is 0 Å². The summed E-state index contributed by atoms with van der Waals surface area (Å²) in [5, 5.41) is 2.62. The van der Waals surface area contributed by atoms with Crippen LogP contribution in [0, 0.1) is 13.8 Å². The van der Waals surface area contributed by atoms with E-state index in [0.717, 1.165) is 0 Å². The Morgan fingerprint density at radius 2 is 1.75 bits per heavy atom. The molecule has 0 aliphatic rings. The molecule has 7 heteroatoms. The summed E-state index contributed by atoms with van der Waals surface area (Å²) >= 11 is 0. The van der Waals surface area contributed by atoms with Crippen LogP contribution in [0.25, 0.3) is 0 Å². The molecule has 0 radical (unpaired) electrons. The van der Waals surface area contributed by atoms with Crippen molar-refractivity contribution in [2.24, 2.45) is 0 Å². The molecule has 0 aliphatic heterocycles. The highest BCUT2D eigenvalue weighted by molar-refractivity contribution is 7.89. The Morgan fingerprint density at radius 3 is 2.20 bits per heavy atom. The molecular formula is C13H21N3O3S. The van der Waals surface area contributed by atoms with Crippen molar-refractivity contribution in [3.63, 3.8) is 0 Å². The van der Waals surface area contributed by atoms with E-state index in [0.29, 0.717) is 16.8 Å². The summed E-state index contributed by atoms with van der Waals surface area (Å²) in [5.74, 6) is -0.366. The Hall–Kier alpha value is -1.60. The topological polar surface area (TPSA) is 101 Å². The predicted molar refractivity (Wildman–Crippen MR) is 78.8 cm³/mol. The third kappa shape index (κ3) is 4.21. The molecule has 0 atom stereocenters. The Balaban J connectivity index is 2.93. The van der Waals surface area contributed by atoms with E-state index in [1.807, 2.05) is 0 Å². The van der Waals surface area contributed by atoms with Gasteiger partial charge in [-0.3, -0.25) is 4.79 Å². The molecule has 0 unspecified atom stereocenters. The quantitative estimate of drug-likeness (QED) is 0.696. The van der Waals surface area contributed by atoms with E-state index in [4.69, 9.17) is 5.73 Å². The molecule has 1 rings (SSSR count). The predicted octanol–water partition coefficient (Wildman–Crippen LogP) is 0.689. The van der Waals surface area contributed by atoms with Gasteiger partial charge in [0.25, 0.3) is 0 Å². The fraction of sp³-hybridized carbons (Fsp3) is 0.462. The molecule has 0 spiro atoms. The van der Waals surface area contributed by atoms with Gasteiger partial charge in [-0.25, -0.2) is 13.1 Å². The number of nitrogens with one attached hydrogen (secondary N) is 2. The molecule has 0 aromatic heterocycles.